The van der Waals surface area contributed by atoms with Gasteiger partial charge in [-0.05, 0) is 12.3 Å². The van der Waals surface area contributed by atoms with Crippen molar-refractivity contribution < 1.29 is 9.59 Å². The third-order valence-electron chi connectivity index (χ3n) is 4.43. The topological polar surface area (TPSA) is 34.1 Å². The van der Waals surface area contributed by atoms with Gasteiger partial charge in [-0.1, -0.05) is 50.3 Å². The Bertz CT molecular complexity index is 570. The van der Waals surface area contributed by atoms with E-state index in [2.05, 4.69) is 6.08 Å². The smallest absolute Gasteiger partial charge is 0.170 e. The Morgan fingerprint density at radius 3 is 2.56 bits per heavy atom. The molecule has 92 valence electrons. The summed E-state index contributed by atoms with van der Waals surface area (Å²) in [4.78, 5) is 25.3. The Balaban J connectivity index is 2.24. The molecule has 2 heteroatoms. The molecule has 0 heterocycles. The molecule has 3 rings (SSSR count). The summed E-state index contributed by atoms with van der Waals surface area (Å²) in [7, 11) is 0. The van der Waals surface area contributed by atoms with Crippen molar-refractivity contribution in [2.75, 3.05) is 0 Å². The van der Waals surface area contributed by atoms with Crippen molar-refractivity contribution in [3.05, 3.63) is 47.5 Å². The minimum Gasteiger partial charge on any atom is -0.294 e. The maximum Gasteiger partial charge on any atom is 0.170 e. The SMILES string of the molecule is C[C@@H]1C=CC[C@]2(C)C(=O)c3ccccc3C(=O)[C@@H]12. The number of rotatable bonds is 0. The summed E-state index contributed by atoms with van der Waals surface area (Å²) < 4.78 is 0. The van der Waals surface area contributed by atoms with Crippen molar-refractivity contribution >= 4 is 11.6 Å². The largest absolute Gasteiger partial charge is 0.294 e. The second-order valence-electron chi connectivity index (χ2n) is 5.63. The van der Waals surface area contributed by atoms with Gasteiger partial charge in [0, 0.05) is 22.5 Å². The maximum atomic E-state index is 12.7. The van der Waals surface area contributed by atoms with Crippen molar-refractivity contribution in [1.82, 2.24) is 0 Å². The lowest BCUT2D eigenvalue weighted by atomic mass is 9.57. The van der Waals surface area contributed by atoms with E-state index in [1.807, 2.05) is 32.1 Å². The van der Waals surface area contributed by atoms with Crippen LogP contribution in [-0.2, 0) is 0 Å². The van der Waals surface area contributed by atoms with Gasteiger partial charge in [-0.2, -0.15) is 0 Å². The monoisotopic (exact) mass is 240 g/mol. The molecule has 2 aliphatic rings. The van der Waals surface area contributed by atoms with E-state index in [0.29, 0.717) is 17.5 Å². The lowest BCUT2D eigenvalue weighted by Crippen LogP contribution is -2.48. The zero-order valence-electron chi connectivity index (χ0n) is 10.6. The molecule has 0 aliphatic heterocycles. The van der Waals surface area contributed by atoms with Crippen LogP contribution >= 0.6 is 0 Å². The highest BCUT2D eigenvalue weighted by Crippen LogP contribution is 2.48. The standard InChI is InChI=1S/C16H16O2/c1-10-6-5-9-16(2)13(10)14(17)11-7-3-4-8-12(11)15(16)18/h3-8,10,13H,9H2,1-2H3/t10-,13-,16+/m1/s1. The third kappa shape index (κ3) is 1.29. The summed E-state index contributed by atoms with van der Waals surface area (Å²) in [5.41, 5.74) is 0.649. The van der Waals surface area contributed by atoms with E-state index in [-0.39, 0.29) is 23.4 Å². The van der Waals surface area contributed by atoms with Crippen molar-refractivity contribution in [2.45, 2.75) is 20.3 Å². The first kappa shape index (κ1) is 11.4. The van der Waals surface area contributed by atoms with Crippen LogP contribution in [0, 0.1) is 17.3 Å². The van der Waals surface area contributed by atoms with E-state index in [4.69, 9.17) is 0 Å². The molecule has 0 amide bonds. The summed E-state index contributed by atoms with van der Waals surface area (Å²) in [6.07, 6.45) is 4.77. The van der Waals surface area contributed by atoms with Crippen LogP contribution in [0.2, 0.25) is 0 Å². The molecule has 18 heavy (non-hydrogen) atoms. The Morgan fingerprint density at radius 2 is 1.83 bits per heavy atom. The second kappa shape index (κ2) is 3.64. The van der Waals surface area contributed by atoms with E-state index in [1.54, 1.807) is 12.1 Å². The summed E-state index contributed by atoms with van der Waals surface area (Å²) >= 11 is 0. The number of ketones is 2. The van der Waals surface area contributed by atoms with E-state index < -0.39 is 5.41 Å². The fourth-order valence-electron chi connectivity index (χ4n) is 3.48. The van der Waals surface area contributed by atoms with Crippen LogP contribution < -0.4 is 0 Å². The number of benzene rings is 1. The molecule has 0 radical (unpaired) electrons. The van der Waals surface area contributed by atoms with Crippen LogP contribution in [0.1, 0.15) is 41.0 Å². The summed E-state index contributed by atoms with van der Waals surface area (Å²) in [5, 5.41) is 0. The Labute approximate surface area is 107 Å². The minimum absolute atomic E-state index is 0.124. The molecular formula is C16H16O2. The predicted molar refractivity (Wildman–Crippen MR) is 69.6 cm³/mol. The first-order valence-electron chi connectivity index (χ1n) is 6.40. The summed E-state index contributed by atoms with van der Waals surface area (Å²) in [5.74, 6) is 0.182. The fourth-order valence-corrected chi connectivity index (χ4v) is 3.48. The molecule has 1 aromatic rings. The van der Waals surface area contributed by atoms with Gasteiger partial charge in [-0.3, -0.25) is 9.59 Å². The average molecular weight is 240 g/mol. The Morgan fingerprint density at radius 1 is 1.17 bits per heavy atom. The molecule has 0 fully saturated rings. The zero-order valence-corrected chi connectivity index (χ0v) is 10.6. The van der Waals surface area contributed by atoms with Gasteiger partial charge in [0.15, 0.2) is 11.6 Å². The minimum atomic E-state index is -0.556. The number of carbonyl (C=O) groups excluding carboxylic acids is 2. The van der Waals surface area contributed by atoms with Crippen LogP contribution in [-0.4, -0.2) is 11.6 Å². The third-order valence-corrected chi connectivity index (χ3v) is 4.43. The van der Waals surface area contributed by atoms with Gasteiger partial charge in [0.2, 0.25) is 0 Å². The molecule has 0 saturated carbocycles. The Kier molecular flexibility index (Phi) is 2.31. The zero-order chi connectivity index (χ0) is 12.9. The van der Waals surface area contributed by atoms with Crippen LogP contribution in [0.4, 0.5) is 0 Å². The number of fused-ring (bicyclic) bond motifs is 2. The van der Waals surface area contributed by atoms with Crippen molar-refractivity contribution in [1.29, 1.82) is 0 Å². The van der Waals surface area contributed by atoms with Gasteiger partial charge in [0.05, 0.1) is 0 Å². The van der Waals surface area contributed by atoms with Gasteiger partial charge in [-0.15, -0.1) is 0 Å². The predicted octanol–water partition coefficient (Wildman–Crippen LogP) is 3.28. The quantitative estimate of drug-likeness (QED) is 0.652. The first-order chi connectivity index (χ1) is 8.55. The molecule has 1 aromatic carbocycles. The van der Waals surface area contributed by atoms with Gasteiger partial charge < -0.3 is 0 Å². The molecule has 0 saturated heterocycles. The molecule has 0 aromatic heterocycles. The van der Waals surface area contributed by atoms with Crippen LogP contribution in [0.3, 0.4) is 0 Å². The highest BCUT2D eigenvalue weighted by atomic mass is 16.1. The number of hydrogen-bond acceptors (Lipinski definition) is 2. The molecule has 0 spiro atoms. The van der Waals surface area contributed by atoms with Crippen LogP contribution in [0.5, 0.6) is 0 Å². The molecule has 2 aliphatic carbocycles. The molecule has 3 atom stereocenters. The van der Waals surface area contributed by atoms with E-state index in [0.717, 1.165) is 0 Å². The number of Topliss-reactive ketones (excluding diaryl/α,β-unsaturated/α-hetero) is 2. The molecular weight excluding hydrogens is 224 g/mol. The van der Waals surface area contributed by atoms with E-state index in [1.165, 1.54) is 0 Å². The Hall–Kier alpha value is -1.70. The summed E-state index contributed by atoms with van der Waals surface area (Å²) in [6.45, 7) is 3.96. The van der Waals surface area contributed by atoms with Gasteiger partial charge >= 0.3 is 0 Å². The van der Waals surface area contributed by atoms with Gasteiger partial charge in [0.25, 0.3) is 0 Å². The fraction of sp³-hybridized carbons (Fsp3) is 0.375. The molecule has 0 N–H and O–H groups in total. The molecule has 0 bridgehead atoms. The highest BCUT2D eigenvalue weighted by molar-refractivity contribution is 6.17. The number of carbonyl (C=O) groups is 2. The molecule has 0 unspecified atom stereocenters. The van der Waals surface area contributed by atoms with E-state index in [9.17, 15) is 9.59 Å². The lowest BCUT2D eigenvalue weighted by Gasteiger charge is -2.43. The average Bonchev–Trinajstić information content (AvgIpc) is 2.36. The van der Waals surface area contributed by atoms with Crippen molar-refractivity contribution in [3.63, 3.8) is 0 Å². The van der Waals surface area contributed by atoms with Crippen molar-refractivity contribution in [2.24, 2.45) is 17.3 Å². The van der Waals surface area contributed by atoms with E-state index >= 15 is 0 Å². The van der Waals surface area contributed by atoms with Crippen LogP contribution in [0.15, 0.2) is 36.4 Å². The lowest BCUT2D eigenvalue weighted by molar-refractivity contribution is 0.0508. The molecule has 2 nitrogen and oxygen atoms in total. The second-order valence-corrected chi connectivity index (χ2v) is 5.63. The summed E-state index contributed by atoms with van der Waals surface area (Å²) in [6, 6.07) is 7.21. The van der Waals surface area contributed by atoms with Gasteiger partial charge in [-0.25, -0.2) is 0 Å². The highest BCUT2D eigenvalue weighted by Gasteiger charge is 2.52. The van der Waals surface area contributed by atoms with Crippen molar-refractivity contribution in [3.8, 4) is 0 Å². The van der Waals surface area contributed by atoms with Gasteiger partial charge in [0.1, 0.15) is 0 Å². The first-order valence-corrected chi connectivity index (χ1v) is 6.40. The normalized spacial score (nSPS) is 34.1. The maximum absolute atomic E-state index is 12.7. The number of allylic oxidation sites excluding steroid dienone is 2. The number of hydrogen-bond donors (Lipinski definition) is 0. The van der Waals surface area contributed by atoms with Crippen LogP contribution in [0.25, 0.3) is 0 Å².